The number of nitrogens with zero attached hydrogens (tertiary/aromatic N) is 2. The second kappa shape index (κ2) is 12.6. The largest absolute Gasteiger partial charge is 0.490 e. The Morgan fingerprint density at radius 1 is 0.974 bits per heavy atom. The molecule has 1 heterocycles. The summed E-state index contributed by atoms with van der Waals surface area (Å²) in [5, 5.41) is 0.763. The van der Waals surface area contributed by atoms with E-state index in [-0.39, 0.29) is 11.9 Å². The average molecular weight is 541 g/mol. The van der Waals surface area contributed by atoms with Crippen LogP contribution in [0.5, 0.6) is 11.5 Å². The second-order valence-electron chi connectivity index (χ2n) is 10.3. The van der Waals surface area contributed by atoms with Crippen LogP contribution in [-0.2, 0) is 11.4 Å². The first-order valence-corrected chi connectivity index (χ1v) is 14.7. The molecule has 2 aliphatic rings. The highest BCUT2D eigenvalue weighted by Crippen LogP contribution is 2.40. The van der Waals surface area contributed by atoms with Crippen LogP contribution in [0.2, 0.25) is 0 Å². The Balaban J connectivity index is 1.42. The average Bonchev–Trinajstić information content (AvgIpc) is 3.23. The zero-order valence-electron chi connectivity index (χ0n) is 22.9. The Hall–Kier alpha value is -3.51. The van der Waals surface area contributed by atoms with E-state index in [1.807, 2.05) is 72.5 Å². The number of benzene rings is 3. The summed E-state index contributed by atoms with van der Waals surface area (Å²) in [5.74, 6) is 1.84. The molecule has 0 bridgehead atoms. The Kier molecular flexibility index (Phi) is 8.72. The molecule has 1 aliphatic carbocycles. The smallest absolute Gasteiger partial charge is 0.267 e. The van der Waals surface area contributed by atoms with Gasteiger partial charge in [-0.2, -0.15) is 0 Å². The summed E-state index contributed by atoms with van der Waals surface area (Å²) in [6.45, 7) is 7.28. The lowest BCUT2D eigenvalue weighted by molar-refractivity contribution is -0.124. The van der Waals surface area contributed by atoms with Gasteiger partial charge in [0.1, 0.15) is 6.61 Å². The molecule has 3 aromatic carbocycles. The van der Waals surface area contributed by atoms with Gasteiger partial charge >= 0.3 is 0 Å². The molecule has 2 atom stereocenters. The highest BCUT2D eigenvalue weighted by atomic mass is 32.2. The van der Waals surface area contributed by atoms with Crippen molar-refractivity contribution in [2.24, 2.45) is 10.9 Å². The molecule has 2 fully saturated rings. The number of rotatable bonds is 8. The molecule has 6 heteroatoms. The molecule has 0 spiro atoms. The Bertz CT molecular complexity index is 1370. The van der Waals surface area contributed by atoms with Gasteiger partial charge in [-0.25, -0.2) is 4.99 Å². The lowest BCUT2D eigenvalue weighted by Crippen LogP contribution is -2.44. The van der Waals surface area contributed by atoms with Crippen LogP contribution in [-0.4, -0.2) is 28.6 Å². The molecule has 1 aliphatic heterocycles. The van der Waals surface area contributed by atoms with E-state index >= 15 is 0 Å². The second-order valence-corrected chi connectivity index (χ2v) is 11.3. The van der Waals surface area contributed by atoms with Crippen LogP contribution in [0, 0.1) is 12.8 Å². The summed E-state index contributed by atoms with van der Waals surface area (Å²) in [4.78, 5) is 21.4. The first kappa shape index (κ1) is 27.1. The van der Waals surface area contributed by atoms with E-state index in [0.717, 1.165) is 41.2 Å². The van der Waals surface area contributed by atoms with Gasteiger partial charge in [0.2, 0.25) is 0 Å². The summed E-state index contributed by atoms with van der Waals surface area (Å²) in [6, 6.07) is 24.2. The Morgan fingerprint density at radius 2 is 1.79 bits per heavy atom. The molecule has 202 valence electrons. The quantitative estimate of drug-likeness (QED) is 0.271. The van der Waals surface area contributed by atoms with Crippen molar-refractivity contribution in [2.45, 2.75) is 59.1 Å². The molecule has 39 heavy (non-hydrogen) atoms. The van der Waals surface area contributed by atoms with Crippen LogP contribution in [0.25, 0.3) is 6.08 Å². The lowest BCUT2D eigenvalue weighted by Gasteiger charge is -2.35. The van der Waals surface area contributed by atoms with E-state index in [9.17, 15) is 4.79 Å². The van der Waals surface area contributed by atoms with Crippen LogP contribution in [0.3, 0.4) is 0 Å². The normalized spacial score (nSPS) is 21.5. The summed E-state index contributed by atoms with van der Waals surface area (Å²) in [7, 11) is 0. The van der Waals surface area contributed by atoms with Gasteiger partial charge in [-0.1, -0.05) is 73.9 Å². The monoisotopic (exact) mass is 540 g/mol. The third-order valence-corrected chi connectivity index (χ3v) is 8.24. The summed E-state index contributed by atoms with van der Waals surface area (Å²) in [6.07, 6.45) is 6.46. The molecule has 1 amide bonds. The van der Waals surface area contributed by atoms with Crippen molar-refractivity contribution in [1.82, 2.24) is 4.90 Å². The van der Waals surface area contributed by atoms with Crippen LogP contribution in [0.15, 0.2) is 82.7 Å². The number of thioether (sulfide) groups is 1. The minimum Gasteiger partial charge on any atom is -0.490 e. The van der Waals surface area contributed by atoms with Crippen molar-refractivity contribution in [2.75, 3.05) is 6.61 Å². The van der Waals surface area contributed by atoms with E-state index < -0.39 is 0 Å². The third-order valence-electron chi connectivity index (χ3n) is 7.26. The molecule has 0 aromatic heterocycles. The van der Waals surface area contributed by atoms with Gasteiger partial charge in [0.05, 0.1) is 17.2 Å². The van der Waals surface area contributed by atoms with Crippen LogP contribution in [0.4, 0.5) is 5.69 Å². The Morgan fingerprint density at radius 3 is 2.56 bits per heavy atom. The lowest BCUT2D eigenvalue weighted by atomic mass is 9.85. The van der Waals surface area contributed by atoms with Crippen molar-refractivity contribution in [3.63, 3.8) is 0 Å². The first-order chi connectivity index (χ1) is 19.0. The standard InChI is InChI=1S/C33H36N2O3S/c1-4-37-30-20-25(17-18-29(30)38-22-26-13-10-11-23(2)19-26)21-31-32(36)35(28-16-9-8-12-24(28)3)33(39-31)34-27-14-6-5-7-15-27/h5-7,10-11,13-15,17-21,24,28H,4,8-9,12,16,22H2,1-3H3/b31-21-,34-33?/t24-,28+/m0/s1. The SMILES string of the molecule is CCOc1cc(/C=C2\SC(=Nc3ccccc3)N([C@@H]3CCCC[C@@H]3C)C2=O)ccc1OCc1cccc(C)c1. The number of para-hydroxylation sites is 1. The fourth-order valence-electron chi connectivity index (χ4n) is 5.27. The zero-order chi connectivity index (χ0) is 27.2. The van der Waals surface area contributed by atoms with Gasteiger partial charge in [0, 0.05) is 6.04 Å². The van der Waals surface area contributed by atoms with Gasteiger partial charge in [-0.15, -0.1) is 0 Å². The van der Waals surface area contributed by atoms with Gasteiger partial charge < -0.3 is 9.47 Å². The third kappa shape index (κ3) is 6.56. The molecule has 5 nitrogen and oxygen atoms in total. The number of aryl methyl sites for hydroxylation is 1. The molecule has 3 aromatic rings. The predicted octanol–water partition coefficient (Wildman–Crippen LogP) is 8.16. The number of hydrogen-bond donors (Lipinski definition) is 0. The maximum absolute atomic E-state index is 13.8. The number of aliphatic imine (C=N–C) groups is 1. The number of carbonyl (C=O) groups is 1. The van der Waals surface area contributed by atoms with Crippen LogP contribution < -0.4 is 9.47 Å². The molecular weight excluding hydrogens is 504 g/mol. The van der Waals surface area contributed by atoms with Gasteiger partial charge in [0.15, 0.2) is 16.7 Å². The molecule has 5 rings (SSSR count). The van der Waals surface area contributed by atoms with Crippen LogP contribution in [0.1, 0.15) is 56.2 Å². The zero-order valence-corrected chi connectivity index (χ0v) is 23.7. The number of amidine groups is 1. The maximum atomic E-state index is 13.8. The highest BCUT2D eigenvalue weighted by molar-refractivity contribution is 8.18. The van der Waals surface area contributed by atoms with E-state index in [2.05, 4.69) is 32.0 Å². The van der Waals surface area contributed by atoms with E-state index in [4.69, 9.17) is 14.5 Å². The number of hydrogen-bond acceptors (Lipinski definition) is 5. The number of amides is 1. The topological polar surface area (TPSA) is 51.1 Å². The summed E-state index contributed by atoms with van der Waals surface area (Å²) < 4.78 is 12.1. The van der Waals surface area contributed by atoms with E-state index in [1.54, 1.807) is 0 Å². The van der Waals surface area contributed by atoms with Crippen molar-refractivity contribution in [3.8, 4) is 11.5 Å². The maximum Gasteiger partial charge on any atom is 0.267 e. The summed E-state index contributed by atoms with van der Waals surface area (Å²) in [5.41, 5.74) is 4.07. The van der Waals surface area contributed by atoms with Crippen LogP contribution >= 0.6 is 11.8 Å². The van der Waals surface area contributed by atoms with E-state index in [1.165, 1.54) is 23.7 Å². The van der Waals surface area contributed by atoms with Gasteiger partial charge in [-0.05, 0) is 85.8 Å². The fourth-order valence-corrected chi connectivity index (χ4v) is 6.31. The molecule has 0 N–H and O–H groups in total. The molecule has 0 radical (unpaired) electrons. The van der Waals surface area contributed by atoms with Crippen molar-refractivity contribution < 1.29 is 14.3 Å². The molecular formula is C33H36N2O3S. The fraction of sp³-hybridized carbons (Fsp3) is 0.333. The highest BCUT2D eigenvalue weighted by Gasteiger charge is 2.41. The van der Waals surface area contributed by atoms with Crippen molar-refractivity contribution in [3.05, 3.63) is 94.4 Å². The minimum absolute atomic E-state index is 0.0335. The molecule has 0 unspecified atom stereocenters. The predicted molar refractivity (Wildman–Crippen MR) is 160 cm³/mol. The molecule has 1 saturated heterocycles. The van der Waals surface area contributed by atoms with Crippen molar-refractivity contribution in [1.29, 1.82) is 0 Å². The van der Waals surface area contributed by atoms with Gasteiger partial charge in [0.25, 0.3) is 5.91 Å². The number of carbonyl (C=O) groups excluding carboxylic acids is 1. The van der Waals surface area contributed by atoms with Crippen molar-refractivity contribution >= 4 is 34.6 Å². The first-order valence-electron chi connectivity index (χ1n) is 13.8. The van der Waals surface area contributed by atoms with Gasteiger partial charge in [-0.3, -0.25) is 9.69 Å². The molecule has 1 saturated carbocycles. The summed E-state index contributed by atoms with van der Waals surface area (Å²) >= 11 is 1.46. The number of ether oxygens (including phenoxy) is 2. The minimum atomic E-state index is 0.0335. The Labute approximate surface area is 235 Å². The van der Waals surface area contributed by atoms with E-state index in [0.29, 0.717) is 35.5 Å².